The van der Waals surface area contributed by atoms with Crippen molar-refractivity contribution in [2.75, 3.05) is 39.3 Å². The average molecular weight is 481 g/mol. The summed E-state index contributed by atoms with van der Waals surface area (Å²) >= 11 is 6.12. The van der Waals surface area contributed by atoms with Crippen LogP contribution in [0.1, 0.15) is 37.9 Å². The molecule has 1 heterocycles. The lowest BCUT2D eigenvalue weighted by Crippen LogP contribution is -2.42. The molecular weight excluding hydrogens is 451 g/mol. The van der Waals surface area contributed by atoms with E-state index in [-0.39, 0.29) is 30.5 Å². The van der Waals surface area contributed by atoms with Crippen LogP contribution in [-0.2, 0) is 0 Å². The maximum Gasteiger partial charge on any atom is 0.191 e. The van der Waals surface area contributed by atoms with Gasteiger partial charge in [0.05, 0.1) is 6.54 Å². The zero-order valence-electron chi connectivity index (χ0n) is 14.9. The lowest BCUT2D eigenvalue weighted by Gasteiger charge is -2.26. The van der Waals surface area contributed by atoms with Crippen LogP contribution in [0.2, 0.25) is 5.02 Å². The van der Waals surface area contributed by atoms with E-state index in [2.05, 4.69) is 20.5 Å². The molecule has 1 atom stereocenters. The molecule has 0 saturated carbocycles. The number of aliphatic imine (C=N–C) groups is 1. The molecular formula is C18H30ClIN4O. The topological polar surface area (TPSA) is 59.9 Å². The third-order valence-corrected chi connectivity index (χ3v) is 4.54. The quantitative estimate of drug-likeness (QED) is 0.319. The summed E-state index contributed by atoms with van der Waals surface area (Å²) in [6.45, 7) is 7.37. The van der Waals surface area contributed by atoms with Gasteiger partial charge < -0.3 is 20.6 Å². The molecule has 0 radical (unpaired) electrons. The molecule has 1 fully saturated rings. The normalized spacial score (nSPS) is 16.8. The van der Waals surface area contributed by atoms with E-state index in [9.17, 15) is 5.11 Å². The van der Waals surface area contributed by atoms with E-state index in [1.54, 1.807) is 6.07 Å². The van der Waals surface area contributed by atoms with Gasteiger partial charge in [0.1, 0.15) is 6.10 Å². The van der Waals surface area contributed by atoms with E-state index in [4.69, 9.17) is 11.6 Å². The molecule has 0 spiro atoms. The Bertz CT molecular complexity index is 524. The Kier molecular flexibility index (Phi) is 11.4. The molecule has 1 aromatic carbocycles. The minimum atomic E-state index is -0.698. The van der Waals surface area contributed by atoms with Gasteiger partial charge in [0.2, 0.25) is 0 Å². The molecule has 1 unspecified atom stereocenters. The lowest BCUT2D eigenvalue weighted by atomic mass is 10.1. The summed E-state index contributed by atoms with van der Waals surface area (Å²) < 4.78 is 0. The van der Waals surface area contributed by atoms with Crippen molar-refractivity contribution in [3.05, 3.63) is 34.9 Å². The van der Waals surface area contributed by atoms with E-state index in [1.807, 2.05) is 25.1 Å². The van der Waals surface area contributed by atoms with Crippen molar-refractivity contribution in [1.29, 1.82) is 0 Å². The number of benzene rings is 1. The van der Waals surface area contributed by atoms with Gasteiger partial charge in [0.25, 0.3) is 0 Å². The van der Waals surface area contributed by atoms with Crippen LogP contribution < -0.4 is 10.6 Å². The second kappa shape index (κ2) is 12.7. The molecule has 142 valence electrons. The van der Waals surface area contributed by atoms with Crippen molar-refractivity contribution < 1.29 is 5.11 Å². The number of halogens is 2. The van der Waals surface area contributed by atoms with Gasteiger partial charge in [-0.1, -0.05) is 36.2 Å². The smallest absolute Gasteiger partial charge is 0.191 e. The van der Waals surface area contributed by atoms with Crippen molar-refractivity contribution in [1.82, 2.24) is 15.5 Å². The fourth-order valence-corrected chi connectivity index (χ4v) is 3.14. The Labute approximate surface area is 173 Å². The predicted octanol–water partition coefficient (Wildman–Crippen LogP) is 3.03. The second-order valence-electron chi connectivity index (χ2n) is 6.09. The number of aliphatic hydroxyl groups is 1. The number of rotatable bonds is 7. The first-order valence-electron chi connectivity index (χ1n) is 8.87. The van der Waals surface area contributed by atoms with Crippen LogP contribution in [-0.4, -0.2) is 55.2 Å². The summed E-state index contributed by atoms with van der Waals surface area (Å²) in [7, 11) is 0. The van der Waals surface area contributed by atoms with Crippen molar-refractivity contribution in [2.45, 2.75) is 32.3 Å². The molecule has 1 aliphatic rings. The first-order chi connectivity index (χ1) is 11.7. The van der Waals surface area contributed by atoms with Gasteiger partial charge in [-0.15, -0.1) is 24.0 Å². The average Bonchev–Trinajstić information content (AvgIpc) is 2.60. The first-order valence-corrected chi connectivity index (χ1v) is 9.25. The molecule has 0 amide bonds. The number of aliphatic hydroxyl groups excluding tert-OH is 1. The molecule has 0 aromatic heterocycles. The lowest BCUT2D eigenvalue weighted by molar-refractivity contribution is 0.187. The molecule has 1 saturated heterocycles. The fraction of sp³-hybridized carbons (Fsp3) is 0.611. The number of likely N-dealkylation sites (tertiary alicyclic amines) is 1. The van der Waals surface area contributed by atoms with Crippen molar-refractivity contribution in [3.63, 3.8) is 0 Å². The van der Waals surface area contributed by atoms with Crippen LogP contribution in [0.25, 0.3) is 0 Å². The Balaban J connectivity index is 0.00000312. The minimum Gasteiger partial charge on any atom is -0.386 e. The van der Waals surface area contributed by atoms with E-state index in [1.165, 1.54) is 32.4 Å². The van der Waals surface area contributed by atoms with Gasteiger partial charge in [0, 0.05) is 30.2 Å². The summed E-state index contributed by atoms with van der Waals surface area (Å²) in [6, 6.07) is 7.34. The Morgan fingerprint density at radius 3 is 2.64 bits per heavy atom. The number of guanidine groups is 1. The van der Waals surface area contributed by atoms with Crippen molar-refractivity contribution in [2.24, 2.45) is 4.99 Å². The summed E-state index contributed by atoms with van der Waals surface area (Å²) in [6.07, 6.45) is 3.26. The number of hydrogen-bond donors (Lipinski definition) is 3. The Morgan fingerprint density at radius 2 is 1.96 bits per heavy atom. The molecule has 7 heteroatoms. The number of nitrogens with one attached hydrogen (secondary N) is 2. The zero-order chi connectivity index (χ0) is 17.2. The van der Waals surface area contributed by atoms with Gasteiger partial charge >= 0.3 is 0 Å². The summed E-state index contributed by atoms with van der Waals surface area (Å²) in [5.41, 5.74) is 0.715. The molecule has 2 rings (SSSR count). The van der Waals surface area contributed by atoms with Crippen LogP contribution in [0.15, 0.2) is 29.3 Å². The van der Waals surface area contributed by atoms with Gasteiger partial charge in [-0.3, -0.25) is 4.99 Å². The molecule has 1 aliphatic heterocycles. The fourth-order valence-electron chi connectivity index (χ4n) is 2.88. The van der Waals surface area contributed by atoms with Crippen molar-refractivity contribution in [3.8, 4) is 0 Å². The SMILES string of the molecule is CCNC(=NCC(O)c1ccccc1Cl)NCCN1CCCCC1.I. The third-order valence-electron chi connectivity index (χ3n) is 4.20. The van der Waals surface area contributed by atoms with Crippen LogP contribution >= 0.6 is 35.6 Å². The van der Waals surface area contributed by atoms with Crippen molar-refractivity contribution >= 4 is 41.5 Å². The van der Waals surface area contributed by atoms with Gasteiger partial charge in [-0.2, -0.15) is 0 Å². The molecule has 0 aliphatic carbocycles. The van der Waals surface area contributed by atoms with E-state index in [0.717, 1.165) is 25.6 Å². The van der Waals surface area contributed by atoms with E-state index in [0.29, 0.717) is 10.6 Å². The van der Waals surface area contributed by atoms with E-state index < -0.39 is 6.10 Å². The summed E-state index contributed by atoms with van der Waals surface area (Å²) in [5, 5.41) is 17.4. The van der Waals surface area contributed by atoms with Crippen LogP contribution in [0.3, 0.4) is 0 Å². The highest BCUT2D eigenvalue weighted by atomic mass is 127. The van der Waals surface area contributed by atoms with Gasteiger partial charge in [0.15, 0.2) is 5.96 Å². The van der Waals surface area contributed by atoms with E-state index >= 15 is 0 Å². The molecule has 1 aromatic rings. The number of piperidine rings is 1. The van der Waals surface area contributed by atoms with Crippen LogP contribution in [0, 0.1) is 0 Å². The highest BCUT2D eigenvalue weighted by Crippen LogP contribution is 2.22. The molecule has 3 N–H and O–H groups in total. The summed E-state index contributed by atoms with van der Waals surface area (Å²) in [5.74, 6) is 0.737. The maximum absolute atomic E-state index is 10.3. The zero-order valence-corrected chi connectivity index (χ0v) is 18.0. The second-order valence-corrected chi connectivity index (χ2v) is 6.49. The number of hydrogen-bond acceptors (Lipinski definition) is 3. The maximum atomic E-state index is 10.3. The summed E-state index contributed by atoms with van der Waals surface area (Å²) in [4.78, 5) is 6.97. The Hall–Kier alpha value is -0.570. The molecule has 5 nitrogen and oxygen atoms in total. The van der Waals surface area contributed by atoms with Crippen LogP contribution in [0.5, 0.6) is 0 Å². The third kappa shape index (κ3) is 8.11. The highest BCUT2D eigenvalue weighted by Gasteiger charge is 2.12. The van der Waals surface area contributed by atoms with Gasteiger partial charge in [-0.05, 0) is 38.9 Å². The Morgan fingerprint density at radius 1 is 1.24 bits per heavy atom. The highest BCUT2D eigenvalue weighted by molar-refractivity contribution is 14.0. The predicted molar refractivity (Wildman–Crippen MR) is 116 cm³/mol. The van der Waals surface area contributed by atoms with Gasteiger partial charge in [-0.25, -0.2) is 0 Å². The minimum absolute atomic E-state index is 0. The molecule has 25 heavy (non-hydrogen) atoms. The van der Waals surface area contributed by atoms with Crippen LogP contribution in [0.4, 0.5) is 0 Å². The standard InChI is InChI=1S/C18H29ClN4O.HI/c1-2-20-18(21-10-13-23-11-6-3-7-12-23)22-14-17(24)15-8-4-5-9-16(15)19;/h4-5,8-9,17,24H,2-3,6-7,10-14H2,1H3,(H2,20,21,22);1H. The largest absolute Gasteiger partial charge is 0.386 e. The molecule has 0 bridgehead atoms. The first kappa shape index (κ1) is 22.5. The monoisotopic (exact) mass is 480 g/mol. The number of nitrogens with zero attached hydrogens (tertiary/aromatic N) is 2.